The highest BCUT2D eigenvalue weighted by Crippen LogP contribution is 2.30. The summed E-state index contributed by atoms with van der Waals surface area (Å²) < 4.78 is 18.9. The standard InChI is InChI=1S/C11H11BrFO/c12-10-2-1-9(7-11(10)13)8-3-5-14-6-4-8/h1-2,5,7-8H,3-4,6H2. The maximum atomic E-state index is 13.2. The van der Waals surface area contributed by atoms with Crippen LogP contribution in [0.4, 0.5) is 4.39 Å². The van der Waals surface area contributed by atoms with Crippen LogP contribution in [0.25, 0.3) is 0 Å². The quantitative estimate of drug-likeness (QED) is 0.747. The minimum Gasteiger partial charge on any atom is -0.375 e. The van der Waals surface area contributed by atoms with Gasteiger partial charge in [0.15, 0.2) is 0 Å². The molecule has 1 atom stereocenters. The molecule has 1 aliphatic rings. The van der Waals surface area contributed by atoms with E-state index in [1.54, 1.807) is 12.1 Å². The Labute approximate surface area is 91.4 Å². The van der Waals surface area contributed by atoms with Crippen LogP contribution in [0.2, 0.25) is 0 Å². The molecule has 1 radical (unpaired) electrons. The molecule has 1 aliphatic heterocycles. The smallest absolute Gasteiger partial charge is 0.137 e. The molecule has 0 amide bonds. The average molecular weight is 258 g/mol. The van der Waals surface area contributed by atoms with Crippen molar-refractivity contribution in [2.75, 3.05) is 6.61 Å². The van der Waals surface area contributed by atoms with Gasteiger partial charge in [0, 0.05) is 6.61 Å². The molecular formula is C11H11BrFO. The summed E-state index contributed by atoms with van der Waals surface area (Å²) in [6, 6.07) is 5.34. The van der Waals surface area contributed by atoms with Crippen LogP contribution in [0.3, 0.4) is 0 Å². The predicted octanol–water partition coefficient (Wildman–Crippen LogP) is 3.64. The van der Waals surface area contributed by atoms with Crippen LogP contribution in [0, 0.1) is 12.4 Å². The van der Waals surface area contributed by atoms with Crippen LogP contribution >= 0.6 is 15.9 Å². The van der Waals surface area contributed by atoms with Gasteiger partial charge in [0.2, 0.25) is 0 Å². The van der Waals surface area contributed by atoms with Crippen molar-refractivity contribution in [3.8, 4) is 0 Å². The lowest BCUT2D eigenvalue weighted by molar-refractivity contribution is 0.143. The normalized spacial score (nSPS) is 18.4. The molecule has 1 saturated heterocycles. The van der Waals surface area contributed by atoms with Crippen LogP contribution < -0.4 is 0 Å². The molecule has 0 aromatic heterocycles. The highest BCUT2D eigenvalue weighted by atomic mass is 79.9. The van der Waals surface area contributed by atoms with E-state index in [2.05, 4.69) is 15.9 Å². The maximum absolute atomic E-state index is 13.2. The van der Waals surface area contributed by atoms with Crippen LogP contribution in [0.5, 0.6) is 0 Å². The van der Waals surface area contributed by atoms with Crippen molar-refractivity contribution in [3.63, 3.8) is 0 Å². The molecule has 75 valence electrons. The van der Waals surface area contributed by atoms with Gasteiger partial charge in [-0.05, 0) is 52.4 Å². The molecule has 0 saturated carbocycles. The van der Waals surface area contributed by atoms with E-state index in [4.69, 9.17) is 4.74 Å². The van der Waals surface area contributed by atoms with Gasteiger partial charge in [0.1, 0.15) is 5.82 Å². The molecule has 1 heterocycles. The van der Waals surface area contributed by atoms with Gasteiger partial charge < -0.3 is 4.74 Å². The summed E-state index contributed by atoms with van der Waals surface area (Å²) in [4.78, 5) is 0. The van der Waals surface area contributed by atoms with Gasteiger partial charge in [-0.2, -0.15) is 0 Å². The zero-order chi connectivity index (χ0) is 9.97. The molecule has 1 fully saturated rings. The minimum absolute atomic E-state index is 0.186. The molecule has 1 unspecified atom stereocenters. The third kappa shape index (κ3) is 2.15. The van der Waals surface area contributed by atoms with Gasteiger partial charge in [0.25, 0.3) is 0 Å². The van der Waals surface area contributed by atoms with E-state index in [-0.39, 0.29) is 5.82 Å². The van der Waals surface area contributed by atoms with Crippen LogP contribution in [0.1, 0.15) is 24.3 Å². The maximum Gasteiger partial charge on any atom is 0.137 e. The number of halogens is 2. The molecule has 0 N–H and O–H groups in total. The Kier molecular flexibility index (Phi) is 3.19. The number of ether oxygens (including phenoxy) is 1. The van der Waals surface area contributed by atoms with Crippen molar-refractivity contribution < 1.29 is 9.13 Å². The second kappa shape index (κ2) is 4.41. The SMILES string of the molecule is Fc1cc(C2C[CH]OCC2)ccc1Br. The van der Waals surface area contributed by atoms with Crippen molar-refractivity contribution in [1.82, 2.24) is 0 Å². The lowest BCUT2D eigenvalue weighted by Crippen LogP contribution is -2.10. The second-order valence-electron chi connectivity index (χ2n) is 3.43. The highest BCUT2D eigenvalue weighted by molar-refractivity contribution is 9.10. The van der Waals surface area contributed by atoms with E-state index in [0.717, 1.165) is 25.0 Å². The van der Waals surface area contributed by atoms with E-state index in [1.807, 2.05) is 12.7 Å². The van der Waals surface area contributed by atoms with Crippen molar-refractivity contribution in [1.29, 1.82) is 0 Å². The lowest BCUT2D eigenvalue weighted by atomic mass is 9.92. The molecule has 3 heteroatoms. The second-order valence-corrected chi connectivity index (χ2v) is 4.29. The largest absolute Gasteiger partial charge is 0.375 e. The van der Waals surface area contributed by atoms with Gasteiger partial charge in [-0.3, -0.25) is 0 Å². The molecule has 2 rings (SSSR count). The van der Waals surface area contributed by atoms with Gasteiger partial charge in [-0.25, -0.2) is 4.39 Å². The van der Waals surface area contributed by atoms with Crippen molar-refractivity contribution in [3.05, 3.63) is 40.7 Å². The predicted molar refractivity (Wildman–Crippen MR) is 56.3 cm³/mol. The summed E-state index contributed by atoms with van der Waals surface area (Å²) >= 11 is 3.15. The third-order valence-electron chi connectivity index (χ3n) is 2.50. The Morgan fingerprint density at radius 1 is 1.43 bits per heavy atom. The number of hydrogen-bond donors (Lipinski definition) is 0. The molecule has 1 aromatic rings. The van der Waals surface area contributed by atoms with E-state index in [0.29, 0.717) is 10.4 Å². The average Bonchev–Trinajstić information content (AvgIpc) is 2.23. The Hall–Kier alpha value is -0.410. The Morgan fingerprint density at radius 2 is 2.29 bits per heavy atom. The monoisotopic (exact) mass is 257 g/mol. The van der Waals surface area contributed by atoms with Gasteiger partial charge >= 0.3 is 0 Å². The Bertz CT molecular complexity index is 321. The topological polar surface area (TPSA) is 9.23 Å². The first-order valence-corrected chi connectivity index (χ1v) is 5.45. The fourth-order valence-electron chi connectivity index (χ4n) is 1.66. The minimum atomic E-state index is -0.186. The summed E-state index contributed by atoms with van der Waals surface area (Å²) in [5, 5.41) is 0. The number of hydrogen-bond acceptors (Lipinski definition) is 1. The fraction of sp³-hybridized carbons (Fsp3) is 0.364. The number of benzene rings is 1. The van der Waals surface area contributed by atoms with E-state index in [9.17, 15) is 4.39 Å². The first kappa shape index (κ1) is 10.1. The van der Waals surface area contributed by atoms with Crippen molar-refractivity contribution >= 4 is 15.9 Å². The van der Waals surface area contributed by atoms with E-state index >= 15 is 0 Å². The molecule has 0 spiro atoms. The molecule has 0 aliphatic carbocycles. The first-order chi connectivity index (χ1) is 6.77. The van der Waals surface area contributed by atoms with Crippen molar-refractivity contribution in [2.45, 2.75) is 18.8 Å². The van der Waals surface area contributed by atoms with E-state index in [1.165, 1.54) is 0 Å². The molecule has 0 bridgehead atoms. The van der Waals surface area contributed by atoms with Crippen molar-refractivity contribution in [2.24, 2.45) is 0 Å². The summed E-state index contributed by atoms with van der Waals surface area (Å²) in [6.45, 7) is 2.55. The lowest BCUT2D eigenvalue weighted by Gasteiger charge is -2.21. The number of rotatable bonds is 1. The third-order valence-corrected chi connectivity index (χ3v) is 3.14. The summed E-state index contributed by atoms with van der Waals surface area (Å²) in [7, 11) is 0. The van der Waals surface area contributed by atoms with Crippen LogP contribution in [-0.2, 0) is 4.74 Å². The fourth-order valence-corrected chi connectivity index (χ4v) is 1.91. The van der Waals surface area contributed by atoms with Gasteiger partial charge in [-0.1, -0.05) is 6.07 Å². The zero-order valence-corrected chi connectivity index (χ0v) is 9.26. The zero-order valence-electron chi connectivity index (χ0n) is 7.67. The molecule has 1 nitrogen and oxygen atoms in total. The summed E-state index contributed by atoms with van der Waals surface area (Å²) in [6.07, 6.45) is 1.85. The van der Waals surface area contributed by atoms with Gasteiger partial charge in [-0.15, -0.1) is 0 Å². The highest BCUT2D eigenvalue weighted by Gasteiger charge is 2.16. The molecule has 14 heavy (non-hydrogen) atoms. The summed E-state index contributed by atoms with van der Waals surface area (Å²) in [5.41, 5.74) is 1.06. The van der Waals surface area contributed by atoms with Gasteiger partial charge in [0.05, 0.1) is 11.1 Å². The molecular weight excluding hydrogens is 247 g/mol. The Balaban J connectivity index is 2.18. The van der Waals surface area contributed by atoms with E-state index < -0.39 is 0 Å². The molecule has 1 aromatic carbocycles. The van der Waals surface area contributed by atoms with Crippen LogP contribution in [0.15, 0.2) is 22.7 Å². The Morgan fingerprint density at radius 3 is 2.93 bits per heavy atom. The first-order valence-electron chi connectivity index (χ1n) is 4.65. The summed E-state index contributed by atoms with van der Waals surface area (Å²) in [5.74, 6) is 0.223. The van der Waals surface area contributed by atoms with Crippen LogP contribution in [-0.4, -0.2) is 6.61 Å².